The monoisotopic (exact) mass is 425 g/mol. The van der Waals surface area contributed by atoms with Crippen LogP contribution in [-0.4, -0.2) is 54.8 Å². The van der Waals surface area contributed by atoms with Crippen molar-refractivity contribution in [1.29, 1.82) is 0 Å². The van der Waals surface area contributed by atoms with Crippen LogP contribution in [0.5, 0.6) is 0 Å². The Kier molecular flexibility index (Phi) is 9.22. The van der Waals surface area contributed by atoms with Gasteiger partial charge in [-0.2, -0.15) is 0 Å². The van der Waals surface area contributed by atoms with Crippen molar-refractivity contribution < 1.29 is 23.9 Å². The zero-order valence-electron chi connectivity index (χ0n) is 17.7. The molecule has 0 saturated carbocycles. The molecule has 0 unspecified atom stereocenters. The SMILES string of the molecule is CCN(CC)C(=O)c1ccc(NC(=O)COC(=O)CNC(=O)Cc2ccccc2)cc1. The topological polar surface area (TPSA) is 105 Å². The number of benzene rings is 2. The van der Waals surface area contributed by atoms with E-state index in [0.29, 0.717) is 24.3 Å². The maximum absolute atomic E-state index is 12.3. The van der Waals surface area contributed by atoms with Gasteiger partial charge in [-0.15, -0.1) is 0 Å². The van der Waals surface area contributed by atoms with E-state index in [4.69, 9.17) is 4.74 Å². The van der Waals surface area contributed by atoms with Crippen molar-refractivity contribution in [3.63, 3.8) is 0 Å². The fourth-order valence-electron chi connectivity index (χ4n) is 2.80. The van der Waals surface area contributed by atoms with Crippen molar-refractivity contribution in [2.75, 3.05) is 31.6 Å². The number of carbonyl (C=O) groups is 4. The predicted octanol–water partition coefficient (Wildman–Crippen LogP) is 2.01. The third kappa shape index (κ3) is 7.93. The molecule has 2 aromatic rings. The van der Waals surface area contributed by atoms with Gasteiger partial charge in [0, 0.05) is 24.3 Å². The van der Waals surface area contributed by atoms with Crippen LogP contribution in [0.2, 0.25) is 0 Å². The highest BCUT2D eigenvalue weighted by Gasteiger charge is 2.13. The molecule has 0 aromatic heterocycles. The fraction of sp³-hybridized carbons (Fsp3) is 0.304. The highest BCUT2D eigenvalue weighted by molar-refractivity contribution is 5.96. The molecule has 0 fully saturated rings. The number of hydrogen-bond acceptors (Lipinski definition) is 5. The first-order valence-corrected chi connectivity index (χ1v) is 10.1. The number of anilines is 1. The van der Waals surface area contributed by atoms with Crippen molar-refractivity contribution in [1.82, 2.24) is 10.2 Å². The van der Waals surface area contributed by atoms with Crippen LogP contribution in [0.1, 0.15) is 29.8 Å². The number of hydrogen-bond donors (Lipinski definition) is 2. The molecule has 8 nitrogen and oxygen atoms in total. The minimum absolute atomic E-state index is 0.0777. The molecule has 0 saturated heterocycles. The van der Waals surface area contributed by atoms with E-state index in [2.05, 4.69) is 10.6 Å². The summed E-state index contributed by atoms with van der Waals surface area (Å²) in [6, 6.07) is 15.6. The molecule has 164 valence electrons. The average Bonchev–Trinajstić information content (AvgIpc) is 2.78. The smallest absolute Gasteiger partial charge is 0.325 e. The van der Waals surface area contributed by atoms with Gasteiger partial charge in [0.1, 0.15) is 6.54 Å². The van der Waals surface area contributed by atoms with Gasteiger partial charge in [0.15, 0.2) is 6.61 Å². The van der Waals surface area contributed by atoms with Gasteiger partial charge < -0.3 is 20.3 Å². The second-order valence-corrected chi connectivity index (χ2v) is 6.70. The Labute approximate surface area is 181 Å². The number of ether oxygens (including phenoxy) is 1. The summed E-state index contributed by atoms with van der Waals surface area (Å²) in [5.41, 5.74) is 1.84. The lowest BCUT2D eigenvalue weighted by Gasteiger charge is -2.18. The first-order chi connectivity index (χ1) is 14.9. The van der Waals surface area contributed by atoms with E-state index in [1.54, 1.807) is 29.2 Å². The molecular formula is C23H27N3O5. The van der Waals surface area contributed by atoms with E-state index in [-0.39, 0.29) is 24.8 Å². The summed E-state index contributed by atoms with van der Waals surface area (Å²) in [4.78, 5) is 49.5. The summed E-state index contributed by atoms with van der Waals surface area (Å²) in [5, 5.41) is 5.05. The summed E-state index contributed by atoms with van der Waals surface area (Å²) in [6.45, 7) is 4.25. The van der Waals surface area contributed by atoms with E-state index in [0.717, 1.165) is 5.56 Å². The second-order valence-electron chi connectivity index (χ2n) is 6.70. The average molecular weight is 425 g/mol. The molecule has 2 aromatic carbocycles. The van der Waals surface area contributed by atoms with Gasteiger partial charge in [-0.3, -0.25) is 19.2 Å². The van der Waals surface area contributed by atoms with Crippen LogP contribution in [0.15, 0.2) is 54.6 Å². The minimum Gasteiger partial charge on any atom is -0.454 e. The van der Waals surface area contributed by atoms with Gasteiger partial charge in [0.25, 0.3) is 11.8 Å². The third-order valence-corrected chi connectivity index (χ3v) is 4.47. The van der Waals surface area contributed by atoms with Crippen LogP contribution in [0.3, 0.4) is 0 Å². The Bertz CT molecular complexity index is 893. The molecule has 3 amide bonds. The Morgan fingerprint density at radius 1 is 0.871 bits per heavy atom. The highest BCUT2D eigenvalue weighted by Crippen LogP contribution is 2.11. The molecule has 0 aliphatic heterocycles. The summed E-state index contributed by atoms with van der Waals surface area (Å²) in [5.74, 6) is -1.62. The summed E-state index contributed by atoms with van der Waals surface area (Å²) < 4.78 is 4.87. The maximum Gasteiger partial charge on any atom is 0.325 e. The van der Waals surface area contributed by atoms with Gasteiger partial charge >= 0.3 is 5.97 Å². The van der Waals surface area contributed by atoms with Gasteiger partial charge in [0.2, 0.25) is 5.91 Å². The standard InChI is InChI=1S/C23H27N3O5/c1-3-26(4-2)23(30)18-10-12-19(13-11-18)25-21(28)16-31-22(29)15-24-20(27)14-17-8-6-5-7-9-17/h5-13H,3-4,14-16H2,1-2H3,(H,24,27)(H,25,28). The Morgan fingerprint density at radius 3 is 2.13 bits per heavy atom. The van der Waals surface area contributed by atoms with E-state index >= 15 is 0 Å². The van der Waals surface area contributed by atoms with Crippen LogP contribution in [0.4, 0.5) is 5.69 Å². The molecular weight excluding hydrogens is 398 g/mol. The van der Waals surface area contributed by atoms with E-state index < -0.39 is 18.5 Å². The lowest BCUT2D eigenvalue weighted by atomic mass is 10.1. The maximum atomic E-state index is 12.3. The third-order valence-electron chi connectivity index (χ3n) is 4.47. The van der Waals surface area contributed by atoms with Crippen LogP contribution in [-0.2, 0) is 25.5 Å². The number of nitrogens with zero attached hydrogens (tertiary/aromatic N) is 1. The molecule has 0 atom stereocenters. The molecule has 0 spiro atoms. The van der Waals surface area contributed by atoms with E-state index in [9.17, 15) is 19.2 Å². The number of amides is 3. The zero-order chi connectivity index (χ0) is 22.6. The van der Waals surface area contributed by atoms with E-state index in [1.807, 2.05) is 44.2 Å². The Morgan fingerprint density at radius 2 is 1.52 bits per heavy atom. The van der Waals surface area contributed by atoms with Gasteiger partial charge in [-0.1, -0.05) is 30.3 Å². The molecule has 0 bridgehead atoms. The number of nitrogens with one attached hydrogen (secondary N) is 2. The van der Waals surface area contributed by atoms with Crippen molar-refractivity contribution >= 4 is 29.4 Å². The van der Waals surface area contributed by atoms with Crippen molar-refractivity contribution in [3.8, 4) is 0 Å². The van der Waals surface area contributed by atoms with E-state index in [1.165, 1.54) is 0 Å². The molecule has 0 aliphatic rings. The minimum atomic E-state index is -0.711. The molecule has 0 heterocycles. The Hall–Kier alpha value is -3.68. The summed E-state index contributed by atoms with van der Waals surface area (Å²) in [7, 11) is 0. The first-order valence-electron chi connectivity index (χ1n) is 10.1. The second kappa shape index (κ2) is 12.1. The molecule has 0 radical (unpaired) electrons. The molecule has 2 N–H and O–H groups in total. The summed E-state index contributed by atoms with van der Waals surface area (Å²) >= 11 is 0. The van der Waals surface area contributed by atoms with Crippen molar-refractivity contribution in [2.45, 2.75) is 20.3 Å². The van der Waals surface area contributed by atoms with Crippen LogP contribution >= 0.6 is 0 Å². The number of carbonyl (C=O) groups excluding carboxylic acids is 4. The Balaban J connectivity index is 1.71. The largest absolute Gasteiger partial charge is 0.454 e. The van der Waals surface area contributed by atoms with Crippen LogP contribution < -0.4 is 10.6 Å². The number of rotatable bonds is 10. The van der Waals surface area contributed by atoms with Crippen LogP contribution in [0.25, 0.3) is 0 Å². The van der Waals surface area contributed by atoms with Gasteiger partial charge in [-0.25, -0.2) is 0 Å². The highest BCUT2D eigenvalue weighted by atomic mass is 16.5. The fourth-order valence-corrected chi connectivity index (χ4v) is 2.80. The first kappa shape index (κ1) is 23.6. The molecule has 31 heavy (non-hydrogen) atoms. The van der Waals surface area contributed by atoms with Crippen molar-refractivity contribution in [3.05, 3.63) is 65.7 Å². The predicted molar refractivity (Wildman–Crippen MR) is 116 cm³/mol. The lowest BCUT2D eigenvalue weighted by Crippen LogP contribution is -2.33. The molecule has 2 rings (SSSR count). The van der Waals surface area contributed by atoms with Crippen LogP contribution in [0, 0.1) is 0 Å². The van der Waals surface area contributed by atoms with Crippen molar-refractivity contribution in [2.24, 2.45) is 0 Å². The quantitative estimate of drug-likeness (QED) is 0.567. The summed E-state index contributed by atoms with van der Waals surface area (Å²) in [6.07, 6.45) is 0.154. The number of esters is 1. The van der Waals surface area contributed by atoms with Gasteiger partial charge in [-0.05, 0) is 43.7 Å². The normalized spacial score (nSPS) is 10.1. The molecule has 8 heteroatoms. The zero-order valence-corrected chi connectivity index (χ0v) is 17.7. The lowest BCUT2D eigenvalue weighted by molar-refractivity contribution is -0.147. The van der Waals surface area contributed by atoms with Gasteiger partial charge in [0.05, 0.1) is 6.42 Å². The molecule has 0 aliphatic carbocycles.